The molecule has 0 aliphatic rings. The Balaban J connectivity index is 2.09. The van der Waals surface area contributed by atoms with Crippen LogP contribution in [-0.4, -0.2) is 26.7 Å². The van der Waals surface area contributed by atoms with Crippen LogP contribution in [0.3, 0.4) is 0 Å². The molecule has 0 bridgehead atoms. The van der Waals surface area contributed by atoms with E-state index in [0.29, 0.717) is 17.5 Å². The van der Waals surface area contributed by atoms with E-state index in [0.717, 1.165) is 24.2 Å². The maximum absolute atomic E-state index is 5.39. The standard InChI is InChI=1S/C13H23N7/c1-3-5-6-9(4-2)7-15-11-10-8-16-20-12(10)18-13(17-11)19-14/h8-9H,3-7,14H2,1-2H3,(H3,15,16,17,18,19,20). The lowest BCUT2D eigenvalue weighted by atomic mass is 9.99. The van der Waals surface area contributed by atoms with Crippen molar-refractivity contribution in [1.82, 2.24) is 20.2 Å². The number of unbranched alkanes of at least 4 members (excludes halogenated alkanes) is 1. The Hall–Kier alpha value is -1.89. The predicted octanol–water partition coefficient (Wildman–Crippen LogP) is 2.27. The van der Waals surface area contributed by atoms with E-state index < -0.39 is 0 Å². The highest BCUT2D eigenvalue weighted by Gasteiger charge is 2.11. The van der Waals surface area contributed by atoms with Crippen molar-refractivity contribution < 1.29 is 0 Å². The summed E-state index contributed by atoms with van der Waals surface area (Å²) in [5, 5.41) is 11.1. The second kappa shape index (κ2) is 7.04. The van der Waals surface area contributed by atoms with Crippen molar-refractivity contribution >= 4 is 22.8 Å². The second-order valence-corrected chi connectivity index (χ2v) is 4.97. The first kappa shape index (κ1) is 14.5. The van der Waals surface area contributed by atoms with Crippen LogP contribution in [0.2, 0.25) is 0 Å². The molecule has 2 aromatic rings. The number of nitrogens with two attached hydrogens (primary N) is 1. The smallest absolute Gasteiger partial charge is 0.241 e. The first-order valence-electron chi connectivity index (χ1n) is 7.20. The molecule has 0 saturated carbocycles. The van der Waals surface area contributed by atoms with E-state index in [4.69, 9.17) is 5.84 Å². The molecule has 0 aromatic carbocycles. The van der Waals surface area contributed by atoms with Gasteiger partial charge in [0.2, 0.25) is 5.95 Å². The molecule has 2 aromatic heterocycles. The predicted molar refractivity (Wildman–Crippen MR) is 81.3 cm³/mol. The van der Waals surface area contributed by atoms with Crippen molar-refractivity contribution in [3.8, 4) is 0 Å². The Bertz CT molecular complexity index is 536. The summed E-state index contributed by atoms with van der Waals surface area (Å²) in [6, 6.07) is 0. The highest BCUT2D eigenvalue weighted by atomic mass is 15.3. The molecule has 110 valence electrons. The quantitative estimate of drug-likeness (QED) is 0.436. The molecule has 0 saturated heterocycles. The molecule has 0 spiro atoms. The molecule has 2 heterocycles. The second-order valence-electron chi connectivity index (χ2n) is 4.97. The number of hydrazine groups is 1. The zero-order chi connectivity index (χ0) is 14.4. The van der Waals surface area contributed by atoms with E-state index >= 15 is 0 Å². The Morgan fingerprint density at radius 1 is 1.35 bits per heavy atom. The molecule has 0 amide bonds. The van der Waals surface area contributed by atoms with Crippen molar-refractivity contribution in [2.75, 3.05) is 17.3 Å². The number of nitrogen functional groups attached to an aromatic ring is 1. The lowest BCUT2D eigenvalue weighted by Gasteiger charge is -2.16. The molecule has 5 N–H and O–H groups in total. The zero-order valence-corrected chi connectivity index (χ0v) is 12.1. The third-order valence-corrected chi connectivity index (χ3v) is 3.54. The van der Waals surface area contributed by atoms with Gasteiger partial charge in [-0.2, -0.15) is 15.1 Å². The maximum atomic E-state index is 5.39. The topological polar surface area (TPSA) is 105 Å². The van der Waals surface area contributed by atoms with Crippen molar-refractivity contribution in [2.24, 2.45) is 11.8 Å². The van der Waals surface area contributed by atoms with E-state index in [1.54, 1.807) is 6.20 Å². The lowest BCUT2D eigenvalue weighted by molar-refractivity contribution is 0.472. The summed E-state index contributed by atoms with van der Waals surface area (Å²) in [6.45, 7) is 5.35. The van der Waals surface area contributed by atoms with Crippen LogP contribution in [0.1, 0.15) is 39.5 Å². The number of hydrogen-bond donors (Lipinski definition) is 4. The van der Waals surface area contributed by atoms with Crippen LogP contribution < -0.4 is 16.6 Å². The van der Waals surface area contributed by atoms with Gasteiger partial charge in [-0.1, -0.05) is 33.1 Å². The summed E-state index contributed by atoms with van der Waals surface area (Å²) >= 11 is 0. The Morgan fingerprint density at radius 3 is 2.90 bits per heavy atom. The van der Waals surface area contributed by atoms with Crippen LogP contribution >= 0.6 is 0 Å². The molecule has 7 heteroatoms. The first-order valence-corrected chi connectivity index (χ1v) is 7.20. The fourth-order valence-corrected chi connectivity index (χ4v) is 2.22. The van der Waals surface area contributed by atoms with Gasteiger partial charge in [0.1, 0.15) is 5.82 Å². The average Bonchev–Trinajstić information content (AvgIpc) is 2.95. The van der Waals surface area contributed by atoms with E-state index in [1.807, 2.05) is 0 Å². The van der Waals surface area contributed by atoms with Gasteiger partial charge in [0.05, 0.1) is 11.6 Å². The number of nitrogens with one attached hydrogen (secondary N) is 3. The molecule has 0 fully saturated rings. The highest BCUT2D eigenvalue weighted by Crippen LogP contribution is 2.21. The minimum atomic E-state index is 0.380. The monoisotopic (exact) mass is 277 g/mol. The van der Waals surface area contributed by atoms with Crippen LogP contribution in [0.4, 0.5) is 11.8 Å². The molecule has 1 atom stereocenters. The van der Waals surface area contributed by atoms with E-state index in [1.165, 1.54) is 19.3 Å². The zero-order valence-electron chi connectivity index (χ0n) is 12.1. The molecular formula is C13H23N7. The van der Waals surface area contributed by atoms with Crippen molar-refractivity contribution in [2.45, 2.75) is 39.5 Å². The van der Waals surface area contributed by atoms with Gasteiger partial charge in [-0.25, -0.2) is 5.84 Å². The number of fused-ring (bicyclic) bond motifs is 1. The number of H-pyrrole nitrogens is 1. The number of anilines is 2. The molecule has 0 aliphatic heterocycles. The summed E-state index contributed by atoms with van der Waals surface area (Å²) in [5.74, 6) is 7.19. The molecule has 0 aliphatic carbocycles. The molecule has 7 nitrogen and oxygen atoms in total. The molecular weight excluding hydrogens is 254 g/mol. The van der Waals surface area contributed by atoms with E-state index in [2.05, 4.69) is 44.8 Å². The fourth-order valence-electron chi connectivity index (χ4n) is 2.22. The summed E-state index contributed by atoms with van der Waals surface area (Å²) in [6.07, 6.45) is 6.62. The number of rotatable bonds is 8. The van der Waals surface area contributed by atoms with Crippen LogP contribution in [-0.2, 0) is 0 Å². The summed E-state index contributed by atoms with van der Waals surface area (Å²) in [5.41, 5.74) is 3.15. The van der Waals surface area contributed by atoms with Gasteiger partial charge in [-0.05, 0) is 12.3 Å². The SMILES string of the molecule is CCCCC(CC)CNc1nc(NN)nc2[nH]ncc12. The molecule has 20 heavy (non-hydrogen) atoms. The van der Waals surface area contributed by atoms with Crippen LogP contribution in [0.5, 0.6) is 0 Å². The van der Waals surface area contributed by atoms with Crippen LogP contribution in [0, 0.1) is 5.92 Å². The van der Waals surface area contributed by atoms with Gasteiger partial charge in [0, 0.05) is 6.54 Å². The maximum Gasteiger partial charge on any atom is 0.241 e. The van der Waals surface area contributed by atoms with Gasteiger partial charge in [-0.3, -0.25) is 10.5 Å². The summed E-state index contributed by atoms with van der Waals surface area (Å²) in [4.78, 5) is 8.57. The third-order valence-electron chi connectivity index (χ3n) is 3.54. The normalized spacial score (nSPS) is 12.6. The minimum absolute atomic E-state index is 0.380. The largest absolute Gasteiger partial charge is 0.369 e. The Morgan fingerprint density at radius 2 is 2.20 bits per heavy atom. The van der Waals surface area contributed by atoms with Gasteiger partial charge < -0.3 is 5.32 Å². The fraction of sp³-hybridized carbons (Fsp3) is 0.615. The third kappa shape index (κ3) is 3.36. The number of aromatic nitrogens is 4. The number of nitrogens with zero attached hydrogens (tertiary/aromatic N) is 3. The van der Waals surface area contributed by atoms with E-state index in [9.17, 15) is 0 Å². The van der Waals surface area contributed by atoms with Gasteiger partial charge in [0.15, 0.2) is 5.65 Å². The van der Waals surface area contributed by atoms with Crippen LogP contribution in [0.25, 0.3) is 11.0 Å². The van der Waals surface area contributed by atoms with Crippen molar-refractivity contribution in [1.29, 1.82) is 0 Å². The van der Waals surface area contributed by atoms with Gasteiger partial charge in [0.25, 0.3) is 0 Å². The Kier molecular flexibility index (Phi) is 5.11. The van der Waals surface area contributed by atoms with E-state index in [-0.39, 0.29) is 0 Å². The first-order chi connectivity index (χ1) is 9.78. The van der Waals surface area contributed by atoms with Crippen LogP contribution in [0.15, 0.2) is 6.20 Å². The number of hydrogen-bond acceptors (Lipinski definition) is 6. The average molecular weight is 277 g/mol. The van der Waals surface area contributed by atoms with Crippen molar-refractivity contribution in [3.05, 3.63) is 6.20 Å². The van der Waals surface area contributed by atoms with Gasteiger partial charge in [-0.15, -0.1) is 0 Å². The highest BCUT2D eigenvalue weighted by molar-refractivity contribution is 5.86. The summed E-state index contributed by atoms with van der Waals surface area (Å²) in [7, 11) is 0. The number of aromatic amines is 1. The molecule has 0 radical (unpaired) electrons. The molecule has 2 rings (SSSR count). The Labute approximate surface area is 118 Å². The van der Waals surface area contributed by atoms with Crippen molar-refractivity contribution in [3.63, 3.8) is 0 Å². The lowest BCUT2D eigenvalue weighted by Crippen LogP contribution is -2.16. The summed E-state index contributed by atoms with van der Waals surface area (Å²) < 4.78 is 0. The molecule has 1 unspecified atom stereocenters. The van der Waals surface area contributed by atoms with Gasteiger partial charge >= 0.3 is 0 Å². The minimum Gasteiger partial charge on any atom is -0.369 e.